The number of nitrogens with two attached hydrogens (primary N) is 1. The summed E-state index contributed by atoms with van der Waals surface area (Å²) in [4.78, 5) is 24.3. The maximum Gasteiger partial charge on any atom is 0.339 e. The van der Waals surface area contributed by atoms with Crippen molar-refractivity contribution < 1.29 is 22.7 Å². The molecule has 0 aliphatic heterocycles. The molecular formula is C17H17NO5S. The SMILES string of the molecule is Cc1ccc(S(N)(=O)=O)cc1C(=O)O[C@H](C)C(=O)c1ccccc1. The number of carbonyl (C=O) groups is 2. The molecule has 126 valence electrons. The van der Waals surface area contributed by atoms with Gasteiger partial charge in [-0.25, -0.2) is 18.4 Å². The second-order valence-electron chi connectivity index (χ2n) is 5.30. The second kappa shape index (κ2) is 6.94. The third kappa shape index (κ3) is 4.06. The lowest BCUT2D eigenvalue weighted by molar-refractivity contribution is 0.0318. The van der Waals surface area contributed by atoms with Gasteiger partial charge < -0.3 is 4.74 Å². The van der Waals surface area contributed by atoms with Gasteiger partial charge in [-0.2, -0.15) is 0 Å². The molecule has 0 aromatic heterocycles. The lowest BCUT2D eigenvalue weighted by Gasteiger charge is -2.14. The van der Waals surface area contributed by atoms with E-state index in [1.807, 2.05) is 0 Å². The molecule has 24 heavy (non-hydrogen) atoms. The molecule has 7 heteroatoms. The Morgan fingerprint density at radius 3 is 2.29 bits per heavy atom. The van der Waals surface area contributed by atoms with Gasteiger partial charge >= 0.3 is 5.97 Å². The van der Waals surface area contributed by atoms with E-state index in [0.717, 1.165) is 6.07 Å². The average molecular weight is 347 g/mol. The Hall–Kier alpha value is -2.51. The number of Topliss-reactive ketones (excluding diaryl/α,β-unsaturated/α-hetero) is 1. The number of aryl methyl sites for hydroxylation is 1. The Morgan fingerprint density at radius 2 is 1.71 bits per heavy atom. The van der Waals surface area contributed by atoms with Gasteiger partial charge in [0.25, 0.3) is 0 Å². The highest BCUT2D eigenvalue weighted by atomic mass is 32.2. The molecule has 0 aliphatic carbocycles. The molecule has 1 atom stereocenters. The highest BCUT2D eigenvalue weighted by Crippen LogP contribution is 2.17. The topological polar surface area (TPSA) is 104 Å². The first kappa shape index (κ1) is 17.8. The number of primary sulfonamides is 1. The van der Waals surface area contributed by atoms with Gasteiger partial charge in [-0.15, -0.1) is 0 Å². The van der Waals surface area contributed by atoms with E-state index in [1.54, 1.807) is 37.3 Å². The van der Waals surface area contributed by atoms with E-state index in [4.69, 9.17) is 9.88 Å². The normalized spacial score (nSPS) is 12.5. The smallest absolute Gasteiger partial charge is 0.339 e. The van der Waals surface area contributed by atoms with Gasteiger partial charge in [-0.3, -0.25) is 4.79 Å². The zero-order valence-electron chi connectivity index (χ0n) is 13.2. The summed E-state index contributed by atoms with van der Waals surface area (Å²) in [5.41, 5.74) is 0.994. The molecule has 2 aromatic carbocycles. The predicted molar refractivity (Wildman–Crippen MR) is 88.2 cm³/mol. The van der Waals surface area contributed by atoms with Crippen LogP contribution in [0.3, 0.4) is 0 Å². The molecule has 2 aromatic rings. The van der Waals surface area contributed by atoms with Crippen LogP contribution < -0.4 is 5.14 Å². The number of benzene rings is 2. The molecular weight excluding hydrogens is 330 g/mol. The van der Waals surface area contributed by atoms with Crippen molar-refractivity contribution in [3.8, 4) is 0 Å². The maximum atomic E-state index is 12.3. The lowest BCUT2D eigenvalue weighted by Crippen LogP contribution is -2.25. The van der Waals surface area contributed by atoms with Gasteiger partial charge in [-0.1, -0.05) is 36.4 Å². The average Bonchev–Trinajstić information content (AvgIpc) is 2.54. The molecule has 6 nitrogen and oxygen atoms in total. The zero-order valence-corrected chi connectivity index (χ0v) is 14.0. The van der Waals surface area contributed by atoms with Crippen LogP contribution in [-0.4, -0.2) is 26.3 Å². The Balaban J connectivity index is 2.22. The van der Waals surface area contributed by atoms with Crippen LogP contribution in [0, 0.1) is 6.92 Å². The summed E-state index contributed by atoms with van der Waals surface area (Å²) in [6, 6.07) is 12.4. The van der Waals surface area contributed by atoms with Crippen molar-refractivity contribution in [3.63, 3.8) is 0 Å². The van der Waals surface area contributed by atoms with Gasteiger partial charge in [0.1, 0.15) is 0 Å². The fourth-order valence-corrected chi connectivity index (χ4v) is 2.65. The fourth-order valence-electron chi connectivity index (χ4n) is 2.11. The van der Waals surface area contributed by atoms with Crippen LogP contribution in [0.4, 0.5) is 0 Å². The van der Waals surface area contributed by atoms with Crippen LogP contribution in [0.5, 0.6) is 0 Å². The summed E-state index contributed by atoms with van der Waals surface area (Å²) in [6.07, 6.45) is -1.00. The number of hydrogen-bond donors (Lipinski definition) is 1. The van der Waals surface area contributed by atoms with Crippen LogP contribution in [0.25, 0.3) is 0 Å². The largest absolute Gasteiger partial charge is 0.451 e. The van der Waals surface area contributed by atoms with Crippen molar-refractivity contribution in [3.05, 3.63) is 65.2 Å². The highest BCUT2D eigenvalue weighted by Gasteiger charge is 2.22. The number of carbonyl (C=O) groups excluding carboxylic acids is 2. The van der Waals surface area contributed by atoms with Gasteiger partial charge in [0, 0.05) is 5.56 Å². The molecule has 0 bridgehead atoms. The van der Waals surface area contributed by atoms with Crippen molar-refractivity contribution in [1.29, 1.82) is 0 Å². The minimum atomic E-state index is -3.94. The number of rotatable bonds is 5. The van der Waals surface area contributed by atoms with Crippen molar-refractivity contribution in [2.24, 2.45) is 5.14 Å². The first-order chi connectivity index (χ1) is 11.2. The summed E-state index contributed by atoms with van der Waals surface area (Å²) in [5, 5.41) is 5.07. The Morgan fingerprint density at radius 1 is 1.08 bits per heavy atom. The van der Waals surface area contributed by atoms with Crippen molar-refractivity contribution >= 4 is 21.8 Å². The zero-order chi connectivity index (χ0) is 17.9. The number of esters is 1. The summed E-state index contributed by atoms with van der Waals surface area (Å²) >= 11 is 0. The molecule has 0 heterocycles. The Kier molecular flexibility index (Phi) is 5.16. The van der Waals surface area contributed by atoms with Crippen molar-refractivity contribution in [1.82, 2.24) is 0 Å². The first-order valence-corrected chi connectivity index (χ1v) is 8.68. The first-order valence-electron chi connectivity index (χ1n) is 7.14. The minimum Gasteiger partial charge on any atom is -0.451 e. The van der Waals surface area contributed by atoms with Gasteiger partial charge in [0.2, 0.25) is 15.8 Å². The summed E-state index contributed by atoms with van der Waals surface area (Å²) in [5.74, 6) is -1.13. The van der Waals surface area contributed by atoms with E-state index in [1.165, 1.54) is 19.1 Å². The molecule has 2 rings (SSSR count). The van der Waals surface area contributed by atoms with E-state index in [-0.39, 0.29) is 16.2 Å². The van der Waals surface area contributed by atoms with E-state index < -0.39 is 22.1 Å². The van der Waals surface area contributed by atoms with E-state index in [0.29, 0.717) is 11.1 Å². The third-order valence-corrected chi connectivity index (χ3v) is 4.38. The summed E-state index contributed by atoms with van der Waals surface area (Å²) in [6.45, 7) is 3.10. The number of ether oxygens (including phenoxy) is 1. The quantitative estimate of drug-likeness (QED) is 0.659. The highest BCUT2D eigenvalue weighted by molar-refractivity contribution is 7.89. The number of hydrogen-bond acceptors (Lipinski definition) is 5. The number of sulfonamides is 1. The summed E-state index contributed by atoms with van der Waals surface area (Å²) in [7, 11) is -3.94. The summed E-state index contributed by atoms with van der Waals surface area (Å²) < 4.78 is 28.0. The molecule has 0 amide bonds. The molecule has 0 unspecified atom stereocenters. The maximum absolute atomic E-state index is 12.3. The molecule has 0 saturated heterocycles. The van der Waals surface area contributed by atoms with Crippen LogP contribution >= 0.6 is 0 Å². The van der Waals surface area contributed by atoms with Crippen LogP contribution in [-0.2, 0) is 14.8 Å². The van der Waals surface area contributed by atoms with Crippen molar-refractivity contribution in [2.75, 3.05) is 0 Å². The van der Waals surface area contributed by atoms with E-state index in [2.05, 4.69) is 0 Å². The Labute approximate surface area is 140 Å². The van der Waals surface area contributed by atoms with Gasteiger partial charge in [0.05, 0.1) is 10.5 Å². The molecule has 2 N–H and O–H groups in total. The second-order valence-corrected chi connectivity index (χ2v) is 6.86. The van der Waals surface area contributed by atoms with Crippen LogP contribution in [0.1, 0.15) is 33.2 Å². The lowest BCUT2D eigenvalue weighted by atomic mass is 10.1. The molecule has 0 spiro atoms. The predicted octanol–water partition coefficient (Wildman–Crippen LogP) is 2.07. The molecule has 0 saturated carbocycles. The third-order valence-electron chi connectivity index (χ3n) is 3.47. The number of ketones is 1. The monoisotopic (exact) mass is 347 g/mol. The molecule has 0 radical (unpaired) electrons. The van der Waals surface area contributed by atoms with Gasteiger partial charge in [-0.05, 0) is 31.5 Å². The Bertz CT molecular complexity index is 875. The van der Waals surface area contributed by atoms with Crippen LogP contribution in [0.2, 0.25) is 0 Å². The van der Waals surface area contributed by atoms with Crippen LogP contribution in [0.15, 0.2) is 53.4 Å². The van der Waals surface area contributed by atoms with E-state index in [9.17, 15) is 18.0 Å². The van der Waals surface area contributed by atoms with E-state index >= 15 is 0 Å². The fraction of sp³-hybridized carbons (Fsp3) is 0.176. The molecule has 0 aliphatic rings. The standard InChI is InChI=1S/C17H17NO5S/c1-11-8-9-14(24(18,21)22)10-15(11)17(20)23-12(2)16(19)13-6-4-3-5-7-13/h3-10,12H,1-2H3,(H2,18,21,22)/t12-/m1/s1. The van der Waals surface area contributed by atoms with Crippen molar-refractivity contribution in [2.45, 2.75) is 24.8 Å². The molecule has 0 fully saturated rings. The van der Waals surface area contributed by atoms with Gasteiger partial charge in [0.15, 0.2) is 6.10 Å². The minimum absolute atomic E-state index is 0.0502.